The Labute approximate surface area is 192 Å². The van der Waals surface area contributed by atoms with Crippen molar-refractivity contribution in [2.45, 2.75) is 26.2 Å². The lowest BCUT2D eigenvalue weighted by molar-refractivity contribution is 0.108. The first-order valence-electron chi connectivity index (χ1n) is 9.66. The minimum atomic E-state index is -0.0490. The largest absolute Gasteiger partial charge is 0.496 e. The average molecular weight is 457 g/mol. The van der Waals surface area contributed by atoms with E-state index in [1.165, 1.54) is 7.11 Å². The van der Waals surface area contributed by atoms with Gasteiger partial charge in [-0.15, -0.1) is 0 Å². The van der Waals surface area contributed by atoms with Crippen molar-refractivity contribution >= 4 is 44.9 Å². The normalized spacial score (nSPS) is 11.7. The number of ether oxygens (including phenoxy) is 1. The van der Waals surface area contributed by atoms with Gasteiger partial charge < -0.3 is 9.57 Å². The number of carbonyl (C=O) groups excluding carboxylic acids is 1. The van der Waals surface area contributed by atoms with E-state index >= 15 is 0 Å². The number of carbonyl (C=O) groups is 1. The number of hydrogen-bond acceptors (Lipinski definition) is 5. The van der Waals surface area contributed by atoms with Crippen molar-refractivity contribution in [1.82, 2.24) is 0 Å². The van der Waals surface area contributed by atoms with Gasteiger partial charge in [0.05, 0.1) is 19.2 Å². The average Bonchev–Trinajstić information content (AvgIpc) is 2.78. The Kier molecular flexibility index (Phi) is 9.64. The molecule has 0 aliphatic carbocycles. The molecule has 0 unspecified atom stereocenters. The summed E-state index contributed by atoms with van der Waals surface area (Å²) in [5, 5.41) is 4.10. The quantitative estimate of drug-likeness (QED) is 0.179. The second kappa shape index (κ2) is 12.2. The van der Waals surface area contributed by atoms with Gasteiger partial charge in [-0.2, -0.15) is 0 Å². The minimum absolute atomic E-state index is 0.0490. The third-order valence-corrected chi connectivity index (χ3v) is 5.48. The summed E-state index contributed by atoms with van der Waals surface area (Å²) in [4.78, 5) is 20.7. The number of methoxy groups -OCH3 is 1. The molecular formula is C24H25ClN2O3S. The topological polar surface area (TPSA) is 52.2 Å². The molecule has 5 nitrogen and oxygen atoms in total. The fourth-order valence-corrected chi connectivity index (χ4v) is 3.79. The standard InChI is InChI=1S/C24H25ClN2O3S/c1-16-14-18(15-21(23(16)29-3)24(28)31-5)20(8-6-7-9-22(25)27-30-4)17-10-12-19(26-2)13-11-17/h8,10-15H,6-7,9H2,1,3-5H3/b20-8-,27-22-. The van der Waals surface area contributed by atoms with Crippen LogP contribution in [0.25, 0.3) is 10.4 Å². The monoisotopic (exact) mass is 456 g/mol. The summed E-state index contributed by atoms with van der Waals surface area (Å²) in [5.41, 5.74) is 4.88. The first kappa shape index (κ1) is 24.5. The predicted molar refractivity (Wildman–Crippen MR) is 130 cm³/mol. The molecule has 0 N–H and O–H groups in total. The molecule has 0 aromatic heterocycles. The fraction of sp³-hybridized carbons (Fsp3) is 0.292. The van der Waals surface area contributed by atoms with Gasteiger partial charge in [0, 0.05) is 6.42 Å². The molecule has 7 heteroatoms. The van der Waals surface area contributed by atoms with Gasteiger partial charge in [0.25, 0.3) is 0 Å². The lowest BCUT2D eigenvalue weighted by Crippen LogP contribution is -2.02. The summed E-state index contributed by atoms with van der Waals surface area (Å²) >= 11 is 7.17. The van der Waals surface area contributed by atoms with Gasteiger partial charge in [-0.1, -0.05) is 58.9 Å². The van der Waals surface area contributed by atoms with Crippen LogP contribution in [0.2, 0.25) is 0 Å². The van der Waals surface area contributed by atoms with Crippen LogP contribution in [-0.4, -0.2) is 30.8 Å². The maximum Gasteiger partial charge on any atom is 0.222 e. The molecule has 0 spiro atoms. The van der Waals surface area contributed by atoms with Crippen LogP contribution >= 0.6 is 23.4 Å². The van der Waals surface area contributed by atoms with Gasteiger partial charge in [0.15, 0.2) is 5.69 Å². The molecule has 2 aromatic rings. The highest BCUT2D eigenvalue weighted by Gasteiger charge is 2.17. The number of aryl methyl sites for hydroxylation is 1. The van der Waals surface area contributed by atoms with E-state index < -0.39 is 0 Å². The summed E-state index contributed by atoms with van der Waals surface area (Å²) in [6, 6.07) is 11.3. The van der Waals surface area contributed by atoms with Crippen LogP contribution in [0.3, 0.4) is 0 Å². The van der Waals surface area contributed by atoms with E-state index in [0.29, 0.717) is 28.6 Å². The highest BCUT2D eigenvalue weighted by Crippen LogP contribution is 2.34. The Morgan fingerprint density at radius 1 is 1.23 bits per heavy atom. The molecule has 2 rings (SSSR count). The van der Waals surface area contributed by atoms with Crippen molar-refractivity contribution in [3.8, 4) is 5.75 Å². The number of halogens is 1. The molecular weight excluding hydrogens is 432 g/mol. The zero-order chi connectivity index (χ0) is 22.8. The SMILES string of the molecule is [C-]#[N+]c1ccc(/C(=C/CCC/C(Cl)=N/OC)c2cc(C)c(OC)c(C(=O)SC)c2)cc1. The van der Waals surface area contributed by atoms with Crippen molar-refractivity contribution in [3.05, 3.63) is 76.1 Å². The molecule has 0 saturated heterocycles. The highest BCUT2D eigenvalue weighted by molar-refractivity contribution is 8.13. The predicted octanol–water partition coefficient (Wildman–Crippen LogP) is 6.86. The van der Waals surface area contributed by atoms with E-state index in [1.54, 1.807) is 25.5 Å². The van der Waals surface area contributed by atoms with E-state index in [1.807, 2.05) is 31.2 Å². The van der Waals surface area contributed by atoms with E-state index in [9.17, 15) is 4.79 Å². The molecule has 0 heterocycles. The number of thioether (sulfide) groups is 1. The summed E-state index contributed by atoms with van der Waals surface area (Å²) in [7, 11) is 3.04. The first-order valence-corrected chi connectivity index (χ1v) is 11.3. The lowest BCUT2D eigenvalue weighted by atomic mass is 9.93. The summed E-state index contributed by atoms with van der Waals surface area (Å²) in [6.07, 6.45) is 6.04. The lowest BCUT2D eigenvalue weighted by Gasteiger charge is -2.15. The van der Waals surface area contributed by atoms with Gasteiger partial charge in [0.1, 0.15) is 18.0 Å². The Morgan fingerprint density at radius 2 is 1.94 bits per heavy atom. The fourth-order valence-electron chi connectivity index (χ4n) is 3.22. The smallest absolute Gasteiger partial charge is 0.222 e. The number of oxime groups is 1. The van der Waals surface area contributed by atoms with Gasteiger partial charge in [-0.3, -0.25) is 4.79 Å². The molecule has 0 saturated carbocycles. The Bertz CT molecular complexity index is 1020. The number of benzene rings is 2. The number of allylic oxidation sites excluding steroid dienone is 1. The molecule has 2 aromatic carbocycles. The summed E-state index contributed by atoms with van der Waals surface area (Å²) in [6.45, 7) is 9.12. The molecule has 0 aliphatic heterocycles. The number of rotatable bonds is 9. The van der Waals surface area contributed by atoms with Crippen LogP contribution in [0.15, 0.2) is 47.6 Å². The van der Waals surface area contributed by atoms with Crippen molar-refractivity contribution in [2.75, 3.05) is 20.5 Å². The first-order chi connectivity index (χ1) is 14.9. The van der Waals surface area contributed by atoms with Crippen LogP contribution in [0.4, 0.5) is 5.69 Å². The van der Waals surface area contributed by atoms with Crippen LogP contribution in [0, 0.1) is 13.5 Å². The Morgan fingerprint density at radius 3 is 2.52 bits per heavy atom. The van der Waals surface area contributed by atoms with Gasteiger partial charge in [-0.25, -0.2) is 4.85 Å². The van der Waals surface area contributed by atoms with Gasteiger partial charge in [0.2, 0.25) is 5.12 Å². The van der Waals surface area contributed by atoms with Crippen molar-refractivity contribution in [3.63, 3.8) is 0 Å². The maximum absolute atomic E-state index is 12.5. The maximum atomic E-state index is 12.5. The van der Waals surface area contributed by atoms with Crippen LogP contribution in [0.1, 0.15) is 46.3 Å². The molecule has 162 valence electrons. The highest BCUT2D eigenvalue weighted by atomic mass is 35.5. The van der Waals surface area contributed by atoms with Crippen molar-refractivity contribution in [2.24, 2.45) is 5.16 Å². The molecule has 0 fully saturated rings. The Balaban J connectivity index is 2.50. The van der Waals surface area contributed by atoms with Crippen LogP contribution in [0.5, 0.6) is 5.75 Å². The van der Waals surface area contributed by atoms with Gasteiger partial charge in [-0.05, 0) is 60.4 Å². The zero-order valence-electron chi connectivity index (χ0n) is 18.1. The minimum Gasteiger partial charge on any atom is -0.496 e. The van der Waals surface area contributed by atoms with E-state index in [-0.39, 0.29) is 5.12 Å². The van der Waals surface area contributed by atoms with Crippen LogP contribution in [-0.2, 0) is 4.84 Å². The Hall–Kier alpha value is -2.75. The van der Waals surface area contributed by atoms with Crippen molar-refractivity contribution < 1.29 is 14.4 Å². The summed E-state index contributed by atoms with van der Waals surface area (Å²) in [5.74, 6) is 0.591. The van der Waals surface area contributed by atoms with Crippen LogP contribution < -0.4 is 4.74 Å². The van der Waals surface area contributed by atoms with Gasteiger partial charge >= 0.3 is 0 Å². The number of nitrogens with zero attached hydrogens (tertiary/aromatic N) is 2. The molecule has 0 aliphatic rings. The molecule has 0 atom stereocenters. The summed E-state index contributed by atoms with van der Waals surface area (Å²) < 4.78 is 5.49. The molecule has 0 amide bonds. The zero-order valence-corrected chi connectivity index (χ0v) is 19.6. The number of hydrogen-bond donors (Lipinski definition) is 0. The van der Waals surface area contributed by atoms with Crippen molar-refractivity contribution in [1.29, 1.82) is 0 Å². The second-order valence-electron chi connectivity index (χ2n) is 6.68. The molecule has 31 heavy (non-hydrogen) atoms. The number of unbranched alkanes of at least 4 members (excludes halogenated alkanes) is 1. The third-order valence-electron chi connectivity index (χ3n) is 4.63. The molecule has 0 radical (unpaired) electrons. The third kappa shape index (κ3) is 6.61. The molecule has 0 bridgehead atoms. The van der Waals surface area contributed by atoms with E-state index in [4.69, 9.17) is 27.7 Å². The van der Waals surface area contributed by atoms with E-state index in [0.717, 1.165) is 46.9 Å². The second-order valence-corrected chi connectivity index (χ2v) is 7.90. The van der Waals surface area contributed by atoms with E-state index in [2.05, 4.69) is 16.1 Å².